The van der Waals surface area contributed by atoms with Gasteiger partial charge in [0.15, 0.2) is 11.5 Å². The van der Waals surface area contributed by atoms with Gasteiger partial charge in [0.25, 0.3) is 5.91 Å². The van der Waals surface area contributed by atoms with Crippen LogP contribution in [0.1, 0.15) is 28.4 Å². The Morgan fingerprint density at radius 2 is 1.54 bits per heavy atom. The lowest BCUT2D eigenvalue weighted by Crippen LogP contribution is -2.29. The molecule has 0 radical (unpaired) electrons. The minimum atomic E-state index is -3.56. The van der Waals surface area contributed by atoms with Crippen LogP contribution >= 0.6 is 11.6 Å². The van der Waals surface area contributed by atoms with E-state index in [2.05, 4.69) is 10.5 Å². The van der Waals surface area contributed by atoms with Crippen molar-refractivity contribution < 1.29 is 22.7 Å². The zero-order valence-corrected chi connectivity index (χ0v) is 21.4. The Balaban J connectivity index is 1.74. The molecule has 35 heavy (non-hydrogen) atoms. The highest BCUT2D eigenvalue weighted by Crippen LogP contribution is 2.28. The molecule has 3 aromatic rings. The van der Waals surface area contributed by atoms with E-state index in [1.807, 2.05) is 6.07 Å². The Morgan fingerprint density at radius 1 is 0.943 bits per heavy atom. The number of hydrogen-bond donors (Lipinski definition) is 1. The molecule has 0 atom stereocenters. The summed E-state index contributed by atoms with van der Waals surface area (Å²) in [6.07, 6.45) is 1.13. The second kappa shape index (κ2) is 11.2. The molecule has 0 bridgehead atoms. The molecular formula is C25H26ClN3O5S. The van der Waals surface area contributed by atoms with Gasteiger partial charge in [-0.2, -0.15) is 5.10 Å². The van der Waals surface area contributed by atoms with Crippen LogP contribution in [0.15, 0.2) is 71.8 Å². The molecule has 1 N–H and O–H groups in total. The number of carbonyl (C=O) groups is 1. The average Bonchev–Trinajstić information content (AvgIpc) is 2.85. The minimum Gasteiger partial charge on any atom is -0.493 e. The van der Waals surface area contributed by atoms with Crippen molar-refractivity contribution in [3.8, 4) is 11.5 Å². The van der Waals surface area contributed by atoms with E-state index in [1.165, 1.54) is 4.31 Å². The Hall–Kier alpha value is -3.56. The molecule has 0 unspecified atom stereocenters. The molecular weight excluding hydrogens is 490 g/mol. The van der Waals surface area contributed by atoms with Crippen molar-refractivity contribution in [1.82, 2.24) is 5.43 Å². The Kier molecular flexibility index (Phi) is 8.37. The van der Waals surface area contributed by atoms with E-state index < -0.39 is 15.9 Å². The fourth-order valence-electron chi connectivity index (χ4n) is 3.26. The van der Waals surface area contributed by atoms with Crippen LogP contribution in [-0.4, -0.2) is 40.5 Å². The lowest BCUT2D eigenvalue weighted by Gasteiger charge is -2.22. The van der Waals surface area contributed by atoms with E-state index in [0.29, 0.717) is 33.5 Å². The van der Waals surface area contributed by atoms with E-state index >= 15 is 0 Å². The number of sulfonamides is 1. The van der Waals surface area contributed by atoms with Crippen molar-refractivity contribution in [2.75, 3.05) is 24.8 Å². The third kappa shape index (κ3) is 6.74. The SMILES string of the molecule is COc1ccc(/C(C)=N\NC(=O)c2ccc(N(Cc3ccc(Cl)cc3)S(C)(=O)=O)cc2)cc1OC. The van der Waals surface area contributed by atoms with E-state index in [-0.39, 0.29) is 6.54 Å². The zero-order chi connectivity index (χ0) is 25.6. The molecule has 10 heteroatoms. The van der Waals surface area contributed by atoms with Crippen molar-refractivity contribution in [1.29, 1.82) is 0 Å². The van der Waals surface area contributed by atoms with Gasteiger partial charge in [0, 0.05) is 16.1 Å². The Labute approximate surface area is 210 Å². The predicted octanol–water partition coefficient (Wildman–Crippen LogP) is 4.48. The highest BCUT2D eigenvalue weighted by atomic mass is 35.5. The summed E-state index contributed by atoms with van der Waals surface area (Å²) < 4.78 is 36.6. The van der Waals surface area contributed by atoms with E-state index in [4.69, 9.17) is 21.1 Å². The fraction of sp³-hybridized carbons (Fsp3) is 0.200. The number of rotatable bonds is 9. The monoisotopic (exact) mass is 515 g/mol. The maximum absolute atomic E-state index is 12.6. The first-order valence-corrected chi connectivity index (χ1v) is 12.7. The first kappa shape index (κ1) is 26.1. The molecule has 0 saturated heterocycles. The van der Waals surface area contributed by atoms with Crippen LogP contribution in [0.3, 0.4) is 0 Å². The molecule has 0 fully saturated rings. The van der Waals surface area contributed by atoms with Crippen LogP contribution < -0.4 is 19.2 Å². The molecule has 0 saturated carbocycles. The van der Waals surface area contributed by atoms with Gasteiger partial charge in [0.2, 0.25) is 10.0 Å². The normalized spacial score (nSPS) is 11.6. The number of anilines is 1. The topological polar surface area (TPSA) is 97.3 Å². The third-order valence-electron chi connectivity index (χ3n) is 5.18. The number of hydrogen-bond acceptors (Lipinski definition) is 6. The van der Waals surface area contributed by atoms with Crippen molar-refractivity contribution in [3.63, 3.8) is 0 Å². The number of carbonyl (C=O) groups excluding carboxylic acids is 1. The van der Waals surface area contributed by atoms with E-state index in [1.54, 1.807) is 81.8 Å². The van der Waals surface area contributed by atoms with Crippen LogP contribution in [0.5, 0.6) is 11.5 Å². The van der Waals surface area contributed by atoms with Gasteiger partial charge in [0.1, 0.15) is 0 Å². The van der Waals surface area contributed by atoms with Crippen molar-refractivity contribution in [3.05, 3.63) is 88.4 Å². The molecule has 8 nitrogen and oxygen atoms in total. The largest absolute Gasteiger partial charge is 0.493 e. The van der Waals surface area contributed by atoms with Crippen molar-refractivity contribution >= 4 is 38.9 Å². The maximum atomic E-state index is 12.6. The second-order valence-electron chi connectivity index (χ2n) is 7.65. The number of ether oxygens (including phenoxy) is 2. The molecule has 0 aliphatic heterocycles. The zero-order valence-electron chi connectivity index (χ0n) is 19.8. The van der Waals surface area contributed by atoms with E-state index in [9.17, 15) is 13.2 Å². The highest BCUT2D eigenvalue weighted by Gasteiger charge is 2.18. The number of hydrazone groups is 1. The van der Waals surface area contributed by atoms with Gasteiger partial charge >= 0.3 is 0 Å². The number of nitrogens with zero attached hydrogens (tertiary/aromatic N) is 2. The van der Waals surface area contributed by atoms with Gasteiger partial charge in [-0.25, -0.2) is 13.8 Å². The molecule has 0 aromatic heterocycles. The standard InChI is InChI=1S/C25H26ClN3O5S/c1-17(20-9-14-23(33-2)24(15-20)34-3)27-28-25(30)19-7-12-22(13-8-19)29(35(4,31)32)16-18-5-10-21(26)11-6-18/h5-15H,16H2,1-4H3,(H,28,30)/b27-17-. The summed E-state index contributed by atoms with van der Waals surface area (Å²) in [5.74, 6) is 0.711. The first-order valence-electron chi connectivity index (χ1n) is 10.5. The minimum absolute atomic E-state index is 0.135. The van der Waals surface area contributed by atoms with Gasteiger partial charge in [0.05, 0.1) is 38.4 Å². The molecule has 0 heterocycles. The smallest absolute Gasteiger partial charge is 0.271 e. The number of halogens is 1. The van der Waals surface area contributed by atoms with Crippen LogP contribution in [0, 0.1) is 0 Å². The number of nitrogens with one attached hydrogen (secondary N) is 1. The third-order valence-corrected chi connectivity index (χ3v) is 6.58. The molecule has 1 amide bonds. The fourth-order valence-corrected chi connectivity index (χ4v) is 4.27. The van der Waals surface area contributed by atoms with Gasteiger partial charge in [-0.15, -0.1) is 0 Å². The predicted molar refractivity (Wildman–Crippen MR) is 138 cm³/mol. The Morgan fingerprint density at radius 3 is 2.11 bits per heavy atom. The lowest BCUT2D eigenvalue weighted by molar-refractivity contribution is 0.0955. The van der Waals surface area contributed by atoms with Gasteiger partial charge in [-0.05, 0) is 67.1 Å². The number of methoxy groups -OCH3 is 2. The van der Waals surface area contributed by atoms with Gasteiger partial charge in [-0.1, -0.05) is 23.7 Å². The summed E-state index contributed by atoms with van der Waals surface area (Å²) in [6.45, 7) is 1.89. The molecule has 184 valence electrons. The van der Waals surface area contributed by atoms with Crippen LogP contribution in [0.2, 0.25) is 5.02 Å². The van der Waals surface area contributed by atoms with Crippen LogP contribution in [-0.2, 0) is 16.6 Å². The summed E-state index contributed by atoms with van der Waals surface area (Å²) in [5.41, 5.74) is 5.39. The van der Waals surface area contributed by atoms with Crippen molar-refractivity contribution in [2.45, 2.75) is 13.5 Å². The molecule has 0 spiro atoms. The highest BCUT2D eigenvalue weighted by molar-refractivity contribution is 7.92. The van der Waals surface area contributed by atoms with Gasteiger partial charge < -0.3 is 9.47 Å². The molecule has 3 rings (SSSR count). The number of benzene rings is 3. The van der Waals surface area contributed by atoms with Crippen molar-refractivity contribution in [2.24, 2.45) is 5.10 Å². The summed E-state index contributed by atoms with van der Waals surface area (Å²) in [4.78, 5) is 12.6. The summed E-state index contributed by atoms with van der Waals surface area (Å²) in [5, 5.41) is 4.73. The Bertz CT molecular complexity index is 1320. The maximum Gasteiger partial charge on any atom is 0.271 e. The first-order chi connectivity index (χ1) is 16.6. The summed E-state index contributed by atoms with van der Waals surface area (Å²) in [7, 11) is -0.470. The quantitative estimate of drug-likeness (QED) is 0.335. The van der Waals surface area contributed by atoms with E-state index in [0.717, 1.165) is 17.4 Å². The summed E-state index contributed by atoms with van der Waals surface area (Å²) in [6, 6.07) is 18.5. The van der Waals surface area contributed by atoms with Crippen LogP contribution in [0.4, 0.5) is 5.69 Å². The van der Waals surface area contributed by atoms with Gasteiger partial charge in [-0.3, -0.25) is 9.10 Å². The molecule has 3 aromatic carbocycles. The number of amides is 1. The summed E-state index contributed by atoms with van der Waals surface area (Å²) >= 11 is 5.92. The van der Waals surface area contributed by atoms with Crippen LogP contribution in [0.25, 0.3) is 0 Å². The molecule has 0 aliphatic carbocycles. The second-order valence-corrected chi connectivity index (χ2v) is 9.99. The molecule has 0 aliphatic rings. The lowest BCUT2D eigenvalue weighted by atomic mass is 10.1. The average molecular weight is 516 g/mol.